The molecule has 2 aromatic rings. The minimum Gasteiger partial charge on any atom is -0.368 e. The van der Waals surface area contributed by atoms with Gasteiger partial charge in [-0.25, -0.2) is 0 Å². The van der Waals surface area contributed by atoms with E-state index >= 15 is 0 Å². The van der Waals surface area contributed by atoms with Gasteiger partial charge >= 0.3 is 0 Å². The summed E-state index contributed by atoms with van der Waals surface area (Å²) < 4.78 is 0. The molecule has 0 saturated carbocycles. The predicted octanol–water partition coefficient (Wildman–Crippen LogP) is 3.27. The predicted molar refractivity (Wildman–Crippen MR) is 108 cm³/mol. The molecule has 0 bridgehead atoms. The van der Waals surface area contributed by atoms with Crippen molar-refractivity contribution in [2.24, 2.45) is 5.73 Å². The van der Waals surface area contributed by atoms with Crippen LogP contribution in [0.25, 0.3) is 0 Å². The number of para-hydroxylation sites is 1. The van der Waals surface area contributed by atoms with Crippen LogP contribution in [0.1, 0.15) is 18.0 Å². The summed E-state index contributed by atoms with van der Waals surface area (Å²) in [6.07, 6.45) is 0.370. The molecule has 0 aliphatic carbocycles. The fraction of sp³-hybridized carbons (Fsp3) is 0.316. The lowest BCUT2D eigenvalue weighted by Crippen LogP contribution is -2.49. The molecule has 1 fully saturated rings. The number of nitrogens with two attached hydrogens (primary N) is 1. The molecule has 0 spiro atoms. The number of carbonyl (C=O) groups excluding carboxylic acids is 1. The second-order valence-corrected chi connectivity index (χ2v) is 5.92. The number of nitrogens with zero attached hydrogens (tertiary/aromatic N) is 2. The van der Waals surface area contributed by atoms with Gasteiger partial charge in [-0.15, -0.1) is 24.8 Å². The Kier molecular flexibility index (Phi) is 8.76. The van der Waals surface area contributed by atoms with Gasteiger partial charge in [-0.05, 0) is 17.7 Å². The van der Waals surface area contributed by atoms with Crippen molar-refractivity contribution in [3.8, 4) is 0 Å². The van der Waals surface area contributed by atoms with Crippen molar-refractivity contribution in [3.05, 3.63) is 66.2 Å². The Labute approximate surface area is 161 Å². The lowest BCUT2D eigenvalue weighted by atomic mass is 10.0. The molecule has 3 rings (SSSR count). The number of anilines is 1. The van der Waals surface area contributed by atoms with Crippen LogP contribution in [0.3, 0.4) is 0 Å². The topological polar surface area (TPSA) is 49.6 Å². The monoisotopic (exact) mass is 381 g/mol. The molecular formula is C19H25Cl2N3O. The molecular weight excluding hydrogens is 357 g/mol. The summed E-state index contributed by atoms with van der Waals surface area (Å²) in [5.41, 5.74) is 8.40. The van der Waals surface area contributed by atoms with Gasteiger partial charge in [-0.2, -0.15) is 0 Å². The van der Waals surface area contributed by atoms with Crippen molar-refractivity contribution in [1.82, 2.24) is 4.90 Å². The molecule has 0 aromatic heterocycles. The normalized spacial score (nSPS) is 14.9. The second-order valence-electron chi connectivity index (χ2n) is 5.92. The molecule has 4 nitrogen and oxygen atoms in total. The highest BCUT2D eigenvalue weighted by molar-refractivity contribution is 5.85. The average Bonchev–Trinajstić information content (AvgIpc) is 2.63. The standard InChI is InChI=1S/C19H23N3O.2ClH/c20-18(16-7-3-1-4-8-16)15-19(23)22-13-11-21(12-14-22)17-9-5-2-6-10-17;;/h1-10,18H,11-15,20H2;2*1H. The van der Waals surface area contributed by atoms with E-state index in [0.29, 0.717) is 6.42 Å². The van der Waals surface area contributed by atoms with Gasteiger partial charge < -0.3 is 15.5 Å². The van der Waals surface area contributed by atoms with Gasteiger partial charge in [0, 0.05) is 44.3 Å². The fourth-order valence-electron chi connectivity index (χ4n) is 2.99. The van der Waals surface area contributed by atoms with Crippen LogP contribution < -0.4 is 10.6 Å². The van der Waals surface area contributed by atoms with Crippen LogP contribution >= 0.6 is 24.8 Å². The van der Waals surface area contributed by atoms with Gasteiger partial charge in [0.1, 0.15) is 0 Å². The summed E-state index contributed by atoms with van der Waals surface area (Å²) >= 11 is 0. The van der Waals surface area contributed by atoms with E-state index in [1.54, 1.807) is 0 Å². The maximum atomic E-state index is 12.5. The lowest BCUT2D eigenvalue weighted by Gasteiger charge is -2.36. The first-order valence-corrected chi connectivity index (χ1v) is 8.12. The smallest absolute Gasteiger partial charge is 0.224 e. The molecule has 1 aliphatic rings. The highest BCUT2D eigenvalue weighted by Crippen LogP contribution is 2.18. The van der Waals surface area contributed by atoms with E-state index in [-0.39, 0.29) is 36.8 Å². The number of carbonyl (C=O) groups is 1. The molecule has 1 heterocycles. The summed E-state index contributed by atoms with van der Waals surface area (Å²) in [6, 6.07) is 19.9. The maximum absolute atomic E-state index is 12.5. The second kappa shape index (κ2) is 10.3. The van der Waals surface area contributed by atoms with E-state index in [1.807, 2.05) is 53.4 Å². The van der Waals surface area contributed by atoms with Crippen LogP contribution in [0.15, 0.2) is 60.7 Å². The average molecular weight is 382 g/mol. The number of benzene rings is 2. The quantitative estimate of drug-likeness (QED) is 0.883. The Balaban J connectivity index is 0.00000156. The third kappa shape index (κ3) is 5.63. The zero-order chi connectivity index (χ0) is 16.1. The Morgan fingerprint density at radius 2 is 1.40 bits per heavy atom. The van der Waals surface area contributed by atoms with Gasteiger partial charge in [0.15, 0.2) is 0 Å². The van der Waals surface area contributed by atoms with Gasteiger partial charge in [0.25, 0.3) is 0 Å². The molecule has 1 aliphatic heterocycles. The molecule has 2 N–H and O–H groups in total. The molecule has 2 aromatic carbocycles. The van der Waals surface area contributed by atoms with E-state index in [4.69, 9.17) is 5.73 Å². The van der Waals surface area contributed by atoms with Crippen LogP contribution in [-0.2, 0) is 4.79 Å². The van der Waals surface area contributed by atoms with Gasteiger partial charge in [0.2, 0.25) is 5.91 Å². The van der Waals surface area contributed by atoms with Crippen LogP contribution in [0, 0.1) is 0 Å². The zero-order valence-corrected chi connectivity index (χ0v) is 15.7. The maximum Gasteiger partial charge on any atom is 0.224 e. The largest absolute Gasteiger partial charge is 0.368 e. The molecule has 1 saturated heterocycles. The Hall–Kier alpha value is -1.75. The summed E-state index contributed by atoms with van der Waals surface area (Å²) in [7, 11) is 0. The van der Waals surface area contributed by atoms with Gasteiger partial charge in [-0.1, -0.05) is 48.5 Å². The number of piperazine rings is 1. The Bertz CT molecular complexity index is 632. The van der Waals surface area contributed by atoms with Crippen molar-refractivity contribution >= 4 is 36.4 Å². The molecule has 1 amide bonds. The number of hydrogen-bond acceptors (Lipinski definition) is 3. The van der Waals surface area contributed by atoms with Crippen molar-refractivity contribution in [2.75, 3.05) is 31.1 Å². The first-order valence-electron chi connectivity index (χ1n) is 8.12. The van der Waals surface area contributed by atoms with Crippen LogP contribution in [0.2, 0.25) is 0 Å². The third-order valence-corrected chi connectivity index (χ3v) is 4.38. The molecule has 25 heavy (non-hydrogen) atoms. The molecule has 0 radical (unpaired) electrons. The summed E-state index contributed by atoms with van der Waals surface area (Å²) in [6.45, 7) is 3.26. The molecule has 1 unspecified atom stereocenters. The summed E-state index contributed by atoms with van der Waals surface area (Å²) in [5.74, 6) is 0.147. The van der Waals surface area contributed by atoms with E-state index in [9.17, 15) is 4.79 Å². The fourth-order valence-corrected chi connectivity index (χ4v) is 2.99. The minimum absolute atomic E-state index is 0. The third-order valence-electron chi connectivity index (χ3n) is 4.38. The van der Waals surface area contributed by atoms with Crippen LogP contribution in [0.5, 0.6) is 0 Å². The molecule has 6 heteroatoms. The number of hydrogen-bond donors (Lipinski definition) is 1. The van der Waals surface area contributed by atoms with Gasteiger partial charge in [0.05, 0.1) is 0 Å². The van der Waals surface area contributed by atoms with Crippen molar-refractivity contribution in [1.29, 1.82) is 0 Å². The van der Waals surface area contributed by atoms with Crippen molar-refractivity contribution in [2.45, 2.75) is 12.5 Å². The Morgan fingerprint density at radius 1 is 0.880 bits per heavy atom. The number of halogens is 2. The van der Waals surface area contributed by atoms with E-state index < -0.39 is 0 Å². The Morgan fingerprint density at radius 3 is 1.96 bits per heavy atom. The number of rotatable bonds is 4. The summed E-state index contributed by atoms with van der Waals surface area (Å²) in [4.78, 5) is 16.7. The lowest BCUT2D eigenvalue weighted by molar-refractivity contribution is -0.131. The van der Waals surface area contributed by atoms with Crippen LogP contribution in [0.4, 0.5) is 5.69 Å². The zero-order valence-electron chi connectivity index (χ0n) is 14.1. The van der Waals surface area contributed by atoms with E-state index in [2.05, 4.69) is 17.0 Å². The molecule has 1 atom stereocenters. The van der Waals surface area contributed by atoms with E-state index in [0.717, 1.165) is 31.7 Å². The summed E-state index contributed by atoms with van der Waals surface area (Å²) in [5, 5.41) is 0. The first-order chi connectivity index (χ1) is 11.2. The van der Waals surface area contributed by atoms with Gasteiger partial charge in [-0.3, -0.25) is 4.79 Å². The van der Waals surface area contributed by atoms with E-state index in [1.165, 1.54) is 5.69 Å². The highest BCUT2D eigenvalue weighted by atomic mass is 35.5. The highest BCUT2D eigenvalue weighted by Gasteiger charge is 2.22. The van der Waals surface area contributed by atoms with Crippen molar-refractivity contribution in [3.63, 3.8) is 0 Å². The number of amides is 1. The first kappa shape index (κ1) is 21.3. The molecule has 136 valence electrons. The SMILES string of the molecule is Cl.Cl.NC(CC(=O)N1CCN(c2ccccc2)CC1)c1ccccc1. The van der Waals surface area contributed by atoms with Crippen LogP contribution in [-0.4, -0.2) is 37.0 Å². The minimum atomic E-state index is -0.226. The van der Waals surface area contributed by atoms with Crippen molar-refractivity contribution < 1.29 is 4.79 Å².